The number of hydrogen-bond donors (Lipinski definition) is 1. The van der Waals surface area contributed by atoms with Gasteiger partial charge in [0.1, 0.15) is 4.05 Å². The number of halogens is 1. The normalized spacial score (nSPS) is 20.1. The lowest BCUT2D eigenvalue weighted by atomic mass is 9.63. The third-order valence-corrected chi connectivity index (χ3v) is 6.70. The molecule has 0 heterocycles. The van der Waals surface area contributed by atoms with Gasteiger partial charge in [0, 0.05) is 20.1 Å². The van der Waals surface area contributed by atoms with Crippen LogP contribution in [0.5, 0.6) is 0 Å². The summed E-state index contributed by atoms with van der Waals surface area (Å²) in [4.78, 5) is 7.15. The highest BCUT2D eigenvalue weighted by atomic mass is 127. The highest BCUT2D eigenvalue weighted by molar-refractivity contribution is 14.1. The average Bonchev–Trinajstić information content (AvgIpc) is 2.56. The molecule has 0 bridgehead atoms. The number of hydrogen-bond acceptors (Lipinski definition) is 2. The van der Waals surface area contributed by atoms with E-state index in [0.29, 0.717) is 0 Å². The number of likely N-dealkylation sites (N-methyl/N-ethyl adjacent to an activating group) is 2. The maximum Gasteiger partial charge on any atom is 0.128 e. The van der Waals surface area contributed by atoms with Gasteiger partial charge in [0.15, 0.2) is 0 Å². The molecule has 1 aliphatic rings. The van der Waals surface area contributed by atoms with Crippen LogP contribution in [-0.2, 0) is 10.8 Å². The van der Waals surface area contributed by atoms with Crippen LogP contribution in [0.25, 0.3) is 0 Å². The number of amidine groups is 1. The molecule has 0 aromatic heterocycles. The Morgan fingerprint density at radius 3 is 2.40 bits per heavy atom. The Labute approximate surface area is 167 Å². The zero-order chi connectivity index (χ0) is 18.8. The minimum Gasteiger partial charge on any atom is -0.362 e. The van der Waals surface area contributed by atoms with Gasteiger partial charge in [-0.25, -0.2) is 0 Å². The molecule has 140 valence electrons. The largest absolute Gasteiger partial charge is 0.362 e. The van der Waals surface area contributed by atoms with Crippen molar-refractivity contribution in [3.8, 4) is 0 Å². The number of rotatable bonds is 5. The molecule has 0 radical (unpaired) electrons. The Kier molecular flexibility index (Phi) is 6.58. The summed E-state index contributed by atoms with van der Waals surface area (Å²) in [5.74, 6) is 1.09. The molecule has 1 atom stereocenters. The van der Waals surface area contributed by atoms with Crippen LogP contribution in [0.2, 0.25) is 0 Å². The highest BCUT2D eigenvalue weighted by Gasteiger charge is 2.37. The first-order valence-electron chi connectivity index (χ1n) is 9.27. The molecule has 0 aliphatic heterocycles. The molecule has 0 amide bonds. The molecule has 1 aromatic carbocycles. The van der Waals surface area contributed by atoms with Crippen molar-refractivity contribution >= 4 is 28.4 Å². The second kappa shape index (κ2) is 7.95. The number of alkyl halides is 1. The molecule has 25 heavy (non-hydrogen) atoms. The lowest BCUT2D eigenvalue weighted by molar-refractivity contribution is 0.331. The number of nitrogens with zero attached hydrogens (tertiary/aromatic N) is 2. The minimum atomic E-state index is 0.153. The molecule has 1 unspecified atom stereocenters. The van der Waals surface area contributed by atoms with Crippen LogP contribution in [0, 0.1) is 0 Å². The van der Waals surface area contributed by atoms with Gasteiger partial charge >= 0.3 is 0 Å². The number of benzene rings is 1. The predicted octanol–water partition coefficient (Wildman–Crippen LogP) is 5.04. The zero-order valence-corrected chi connectivity index (χ0v) is 19.1. The molecule has 1 aromatic rings. The van der Waals surface area contributed by atoms with Crippen molar-refractivity contribution < 1.29 is 0 Å². The minimum absolute atomic E-state index is 0.153. The Morgan fingerprint density at radius 1 is 1.20 bits per heavy atom. The Balaban J connectivity index is 2.29. The van der Waals surface area contributed by atoms with E-state index in [4.69, 9.17) is 4.99 Å². The second-order valence-electron chi connectivity index (χ2n) is 8.61. The van der Waals surface area contributed by atoms with E-state index in [1.54, 1.807) is 0 Å². The van der Waals surface area contributed by atoms with E-state index in [1.807, 2.05) is 7.05 Å². The van der Waals surface area contributed by atoms with E-state index in [0.717, 1.165) is 18.9 Å². The molecule has 1 aliphatic carbocycles. The first-order valence-corrected chi connectivity index (χ1v) is 10.5. The molecule has 0 saturated heterocycles. The van der Waals surface area contributed by atoms with Gasteiger partial charge in [0.05, 0.1) is 5.84 Å². The molecule has 3 nitrogen and oxygen atoms in total. The van der Waals surface area contributed by atoms with Crippen LogP contribution < -0.4 is 5.32 Å². The summed E-state index contributed by atoms with van der Waals surface area (Å²) in [6.07, 6.45) is 2.50. The third kappa shape index (κ3) is 4.76. The van der Waals surface area contributed by atoms with Crippen molar-refractivity contribution in [2.24, 2.45) is 4.99 Å². The van der Waals surface area contributed by atoms with Crippen LogP contribution in [0.1, 0.15) is 68.2 Å². The molecule has 1 N–H and O–H groups in total. The maximum absolute atomic E-state index is 4.93. The van der Waals surface area contributed by atoms with E-state index >= 15 is 0 Å². The van der Waals surface area contributed by atoms with Gasteiger partial charge in [-0.3, -0.25) is 4.99 Å². The quantitative estimate of drug-likeness (QED) is 0.222. The zero-order valence-electron chi connectivity index (χ0n) is 16.9. The summed E-state index contributed by atoms with van der Waals surface area (Å²) in [5, 5.41) is 3.19. The summed E-state index contributed by atoms with van der Waals surface area (Å²) in [7, 11) is 4.09. The Morgan fingerprint density at radius 2 is 1.80 bits per heavy atom. The van der Waals surface area contributed by atoms with Crippen molar-refractivity contribution in [1.29, 1.82) is 0 Å². The molecule has 0 fully saturated rings. The fraction of sp³-hybridized carbons (Fsp3) is 0.667. The van der Waals surface area contributed by atoms with Crippen LogP contribution in [0.4, 0.5) is 0 Å². The van der Waals surface area contributed by atoms with Crippen LogP contribution in [0.15, 0.2) is 23.2 Å². The monoisotopic (exact) mass is 455 g/mol. The van der Waals surface area contributed by atoms with E-state index in [-0.39, 0.29) is 14.9 Å². The first kappa shape index (κ1) is 20.7. The summed E-state index contributed by atoms with van der Waals surface area (Å²) < 4.78 is 0.153. The molecular weight excluding hydrogens is 421 g/mol. The summed E-state index contributed by atoms with van der Waals surface area (Å²) in [5.41, 5.74) is 4.87. The Hall–Kier alpha value is -0.620. The van der Waals surface area contributed by atoms with Gasteiger partial charge in [0.2, 0.25) is 0 Å². The number of nitrogens with one attached hydrogen (secondary N) is 1. The Bertz CT molecular complexity index is 634. The van der Waals surface area contributed by atoms with Crippen molar-refractivity contribution in [3.63, 3.8) is 0 Å². The van der Waals surface area contributed by atoms with Crippen molar-refractivity contribution in [3.05, 3.63) is 34.9 Å². The van der Waals surface area contributed by atoms with Crippen LogP contribution >= 0.6 is 22.6 Å². The molecule has 4 heteroatoms. The van der Waals surface area contributed by atoms with Gasteiger partial charge in [-0.05, 0) is 54.3 Å². The van der Waals surface area contributed by atoms with Crippen LogP contribution in [-0.4, -0.2) is 37.9 Å². The fourth-order valence-electron chi connectivity index (χ4n) is 3.53. The van der Waals surface area contributed by atoms with Gasteiger partial charge in [-0.15, -0.1) is 0 Å². The second-order valence-corrected chi connectivity index (χ2v) is 9.79. The standard InChI is InChI=1S/C21H34IN3/c1-15(25(7)13-12-23-6)24-19(22)16-8-9-17-18(14-16)21(4,5)11-10-20(17,2)3/h8-9,14,19,23H,10-13H2,1-7H3. The molecule has 0 saturated carbocycles. The van der Waals surface area contributed by atoms with E-state index < -0.39 is 0 Å². The molecule has 0 spiro atoms. The lowest BCUT2D eigenvalue weighted by Gasteiger charge is -2.42. The van der Waals surface area contributed by atoms with Crippen molar-refractivity contribution in [2.75, 3.05) is 27.2 Å². The number of fused-ring (bicyclic) bond motifs is 1. The third-order valence-electron chi connectivity index (χ3n) is 5.70. The average molecular weight is 455 g/mol. The fourth-order valence-corrected chi connectivity index (χ4v) is 4.32. The lowest BCUT2D eigenvalue weighted by Crippen LogP contribution is -2.34. The molecular formula is C21H34IN3. The summed E-state index contributed by atoms with van der Waals surface area (Å²) in [6.45, 7) is 13.6. The summed E-state index contributed by atoms with van der Waals surface area (Å²) in [6, 6.07) is 7.05. The van der Waals surface area contributed by atoms with Crippen LogP contribution in [0.3, 0.4) is 0 Å². The van der Waals surface area contributed by atoms with Gasteiger partial charge in [0.25, 0.3) is 0 Å². The van der Waals surface area contributed by atoms with E-state index in [9.17, 15) is 0 Å². The van der Waals surface area contributed by atoms with Gasteiger partial charge in [-0.2, -0.15) is 0 Å². The molecule has 2 rings (SSSR count). The maximum atomic E-state index is 4.93. The van der Waals surface area contributed by atoms with E-state index in [1.165, 1.54) is 29.5 Å². The smallest absolute Gasteiger partial charge is 0.128 e. The predicted molar refractivity (Wildman–Crippen MR) is 118 cm³/mol. The SMILES string of the molecule is CNCCN(C)C(C)=NC(I)c1ccc2c(c1)C(C)(C)CCC2(C)C. The van der Waals surface area contributed by atoms with E-state index in [2.05, 4.69) is 92.7 Å². The number of aliphatic imine (C=N–C) groups is 1. The van der Waals surface area contributed by atoms with Gasteiger partial charge in [-0.1, -0.05) is 68.5 Å². The highest BCUT2D eigenvalue weighted by Crippen LogP contribution is 2.46. The van der Waals surface area contributed by atoms with Gasteiger partial charge < -0.3 is 10.2 Å². The van der Waals surface area contributed by atoms with Crippen molar-refractivity contribution in [1.82, 2.24) is 10.2 Å². The van der Waals surface area contributed by atoms with Crippen molar-refractivity contribution in [2.45, 2.75) is 62.3 Å². The summed E-state index contributed by atoms with van der Waals surface area (Å²) >= 11 is 2.46. The first-order chi connectivity index (χ1) is 11.6. The topological polar surface area (TPSA) is 27.6 Å².